The quantitative estimate of drug-likeness (QED) is 0.887. The molecule has 1 N–H and O–H groups in total. The molecule has 0 spiro atoms. The van der Waals surface area contributed by atoms with Crippen molar-refractivity contribution < 1.29 is 13.3 Å². The Morgan fingerprint density at radius 2 is 2.12 bits per heavy atom. The predicted octanol–water partition coefficient (Wildman–Crippen LogP) is 2.44. The Kier molecular flexibility index (Phi) is 3.01. The molecule has 0 radical (unpaired) electrons. The van der Waals surface area contributed by atoms with Crippen LogP contribution in [-0.2, 0) is 6.54 Å². The van der Waals surface area contributed by atoms with Crippen molar-refractivity contribution in [2.45, 2.75) is 6.54 Å². The van der Waals surface area contributed by atoms with Gasteiger partial charge in [-0.3, -0.25) is 0 Å². The highest BCUT2D eigenvalue weighted by atomic mass is 19.2. The van der Waals surface area contributed by atoms with Crippen molar-refractivity contribution in [3.8, 4) is 6.07 Å². The first-order valence-electron chi connectivity index (χ1n) is 4.73. The molecule has 0 saturated heterocycles. The van der Waals surface area contributed by atoms with Gasteiger partial charge >= 0.3 is 0 Å². The zero-order valence-electron chi connectivity index (χ0n) is 8.58. The largest absolute Gasteiger partial charge is 0.377 e. The molecular weight excluding hydrogens is 228 g/mol. The number of aromatic nitrogens is 1. The minimum Gasteiger partial charge on any atom is -0.377 e. The molecule has 6 heteroatoms. The predicted molar refractivity (Wildman–Crippen MR) is 54.9 cm³/mol. The van der Waals surface area contributed by atoms with Crippen LogP contribution in [0.4, 0.5) is 14.5 Å². The van der Waals surface area contributed by atoms with Gasteiger partial charge < -0.3 is 9.84 Å². The summed E-state index contributed by atoms with van der Waals surface area (Å²) in [6.45, 7) is 0.207. The third-order valence-electron chi connectivity index (χ3n) is 2.15. The lowest BCUT2D eigenvalue weighted by molar-refractivity contribution is 0.412. The van der Waals surface area contributed by atoms with Gasteiger partial charge in [0, 0.05) is 6.07 Å². The SMILES string of the molecule is N#Cc1ccc(NCc2ccon2)c(F)c1F. The monoisotopic (exact) mass is 235 g/mol. The minimum absolute atomic E-state index is 0.0236. The highest BCUT2D eigenvalue weighted by Crippen LogP contribution is 2.20. The maximum Gasteiger partial charge on any atom is 0.183 e. The van der Waals surface area contributed by atoms with Gasteiger partial charge in [-0.25, -0.2) is 8.78 Å². The van der Waals surface area contributed by atoms with Gasteiger partial charge in [-0.1, -0.05) is 5.16 Å². The fourth-order valence-electron chi connectivity index (χ4n) is 1.29. The topological polar surface area (TPSA) is 61.9 Å². The summed E-state index contributed by atoms with van der Waals surface area (Å²) in [6, 6.07) is 5.68. The van der Waals surface area contributed by atoms with Crippen LogP contribution in [0.3, 0.4) is 0 Å². The standard InChI is InChI=1S/C11H7F2N3O/c12-10-7(5-14)1-2-9(11(10)13)15-6-8-3-4-17-16-8/h1-4,15H,6H2. The summed E-state index contributed by atoms with van der Waals surface area (Å²) in [7, 11) is 0. The van der Waals surface area contributed by atoms with Gasteiger partial charge in [-0.15, -0.1) is 0 Å². The molecule has 0 aliphatic heterocycles. The van der Waals surface area contributed by atoms with Crippen LogP contribution in [0, 0.1) is 23.0 Å². The van der Waals surface area contributed by atoms with E-state index in [0.717, 1.165) is 0 Å². The van der Waals surface area contributed by atoms with E-state index < -0.39 is 11.6 Å². The molecule has 0 aliphatic carbocycles. The number of hydrogen-bond donors (Lipinski definition) is 1. The van der Waals surface area contributed by atoms with Crippen molar-refractivity contribution in [3.05, 3.63) is 47.4 Å². The van der Waals surface area contributed by atoms with Crippen LogP contribution in [0.25, 0.3) is 0 Å². The summed E-state index contributed by atoms with van der Waals surface area (Å²) < 4.78 is 31.3. The molecule has 4 nitrogen and oxygen atoms in total. The fourth-order valence-corrected chi connectivity index (χ4v) is 1.29. The molecule has 0 atom stereocenters. The number of hydrogen-bond acceptors (Lipinski definition) is 4. The van der Waals surface area contributed by atoms with E-state index in [1.807, 2.05) is 0 Å². The van der Waals surface area contributed by atoms with Crippen LogP contribution in [0.1, 0.15) is 11.3 Å². The number of nitrogens with zero attached hydrogens (tertiary/aromatic N) is 2. The lowest BCUT2D eigenvalue weighted by Crippen LogP contribution is -2.04. The highest BCUT2D eigenvalue weighted by Gasteiger charge is 2.12. The average molecular weight is 235 g/mol. The number of rotatable bonds is 3. The van der Waals surface area contributed by atoms with Crippen LogP contribution in [0.15, 0.2) is 29.0 Å². The van der Waals surface area contributed by atoms with Gasteiger partial charge in [0.05, 0.1) is 17.8 Å². The summed E-state index contributed by atoms with van der Waals surface area (Å²) in [5.41, 5.74) is 0.216. The Morgan fingerprint density at radius 1 is 1.29 bits per heavy atom. The van der Waals surface area contributed by atoms with Gasteiger partial charge in [0.25, 0.3) is 0 Å². The molecule has 17 heavy (non-hydrogen) atoms. The molecular formula is C11H7F2N3O. The molecule has 0 fully saturated rings. The molecule has 86 valence electrons. The van der Waals surface area contributed by atoms with Crippen LogP contribution >= 0.6 is 0 Å². The first-order valence-corrected chi connectivity index (χ1v) is 4.73. The van der Waals surface area contributed by atoms with Crippen molar-refractivity contribution in [3.63, 3.8) is 0 Å². The van der Waals surface area contributed by atoms with Crippen molar-refractivity contribution >= 4 is 5.69 Å². The van der Waals surface area contributed by atoms with E-state index in [1.165, 1.54) is 18.4 Å². The van der Waals surface area contributed by atoms with E-state index >= 15 is 0 Å². The van der Waals surface area contributed by atoms with E-state index in [4.69, 9.17) is 5.26 Å². The smallest absolute Gasteiger partial charge is 0.183 e. The molecule has 1 heterocycles. The van der Waals surface area contributed by atoms with Gasteiger partial charge in [-0.05, 0) is 12.1 Å². The number of nitrogens with one attached hydrogen (secondary N) is 1. The van der Waals surface area contributed by atoms with Gasteiger partial charge in [0.1, 0.15) is 18.0 Å². The Morgan fingerprint density at radius 3 is 2.76 bits per heavy atom. The second-order valence-electron chi connectivity index (χ2n) is 3.24. The fraction of sp³-hybridized carbons (Fsp3) is 0.0909. The molecule has 0 saturated carbocycles. The Hall–Kier alpha value is -2.42. The second kappa shape index (κ2) is 4.61. The molecule has 0 aliphatic rings. The summed E-state index contributed by atoms with van der Waals surface area (Å²) in [5, 5.41) is 14.8. The molecule has 0 unspecified atom stereocenters. The van der Waals surface area contributed by atoms with Crippen molar-refractivity contribution in [2.75, 3.05) is 5.32 Å². The lowest BCUT2D eigenvalue weighted by atomic mass is 10.2. The number of nitriles is 1. The third-order valence-corrected chi connectivity index (χ3v) is 2.15. The average Bonchev–Trinajstić information content (AvgIpc) is 2.84. The van der Waals surface area contributed by atoms with Crippen molar-refractivity contribution in [2.24, 2.45) is 0 Å². The van der Waals surface area contributed by atoms with Crippen LogP contribution < -0.4 is 5.32 Å². The van der Waals surface area contributed by atoms with E-state index in [2.05, 4.69) is 15.0 Å². The lowest BCUT2D eigenvalue weighted by Gasteiger charge is -2.06. The normalized spacial score (nSPS) is 9.94. The Balaban J connectivity index is 2.17. The van der Waals surface area contributed by atoms with Crippen LogP contribution in [0.5, 0.6) is 0 Å². The van der Waals surface area contributed by atoms with Gasteiger partial charge in [0.2, 0.25) is 0 Å². The van der Waals surface area contributed by atoms with Crippen molar-refractivity contribution in [1.82, 2.24) is 5.16 Å². The molecule has 2 rings (SSSR count). The molecule has 1 aromatic heterocycles. The van der Waals surface area contributed by atoms with E-state index in [1.54, 1.807) is 12.1 Å². The Labute approximate surface area is 95.5 Å². The van der Waals surface area contributed by atoms with Gasteiger partial charge in [0.15, 0.2) is 11.6 Å². The maximum atomic E-state index is 13.4. The Bertz CT molecular complexity index is 561. The molecule has 2 aromatic rings. The zero-order valence-corrected chi connectivity index (χ0v) is 8.58. The summed E-state index contributed by atoms with van der Waals surface area (Å²) in [5.74, 6) is -2.23. The van der Waals surface area contributed by atoms with E-state index in [9.17, 15) is 8.78 Å². The van der Waals surface area contributed by atoms with Gasteiger partial charge in [-0.2, -0.15) is 5.26 Å². The molecule has 1 aromatic carbocycles. The molecule has 0 amide bonds. The first kappa shape index (κ1) is 11.1. The summed E-state index contributed by atoms with van der Waals surface area (Å²) in [6.07, 6.45) is 1.38. The van der Waals surface area contributed by atoms with Crippen LogP contribution in [0.2, 0.25) is 0 Å². The maximum absolute atomic E-state index is 13.4. The number of anilines is 1. The second-order valence-corrected chi connectivity index (χ2v) is 3.24. The third kappa shape index (κ3) is 2.23. The van der Waals surface area contributed by atoms with Crippen molar-refractivity contribution in [1.29, 1.82) is 5.26 Å². The van der Waals surface area contributed by atoms with E-state index in [-0.39, 0.29) is 17.8 Å². The zero-order chi connectivity index (χ0) is 12.3. The number of benzene rings is 1. The summed E-state index contributed by atoms with van der Waals surface area (Å²) >= 11 is 0. The first-order chi connectivity index (χ1) is 8.22. The highest BCUT2D eigenvalue weighted by molar-refractivity contribution is 5.49. The molecule has 0 bridgehead atoms. The number of halogens is 2. The minimum atomic E-state index is -1.15. The van der Waals surface area contributed by atoms with E-state index in [0.29, 0.717) is 5.69 Å². The van der Waals surface area contributed by atoms with Crippen LogP contribution in [-0.4, -0.2) is 5.16 Å². The summed E-state index contributed by atoms with van der Waals surface area (Å²) in [4.78, 5) is 0.